The van der Waals surface area contributed by atoms with Gasteiger partial charge < -0.3 is 15.0 Å². The first kappa shape index (κ1) is 21.9. The SMILES string of the molecule is CC(=O)Nc1ccc(N(CC(O)Cn2c3ccccc3c3ccccc32)S(C)(=O)=O)cc1. The average molecular weight is 452 g/mol. The summed E-state index contributed by atoms with van der Waals surface area (Å²) in [6.07, 6.45) is 0.168. The van der Waals surface area contributed by atoms with Crippen LogP contribution in [0.1, 0.15) is 6.92 Å². The first-order valence-corrected chi connectivity index (χ1v) is 12.1. The van der Waals surface area contributed by atoms with E-state index in [1.54, 1.807) is 24.3 Å². The third-order valence-electron chi connectivity index (χ3n) is 5.33. The predicted molar refractivity (Wildman–Crippen MR) is 128 cm³/mol. The van der Waals surface area contributed by atoms with Crippen molar-refractivity contribution in [2.24, 2.45) is 0 Å². The molecule has 1 atom stereocenters. The number of hydrogen-bond acceptors (Lipinski definition) is 4. The summed E-state index contributed by atoms with van der Waals surface area (Å²) >= 11 is 0. The van der Waals surface area contributed by atoms with Crippen LogP contribution in [0.25, 0.3) is 21.8 Å². The van der Waals surface area contributed by atoms with Crippen molar-refractivity contribution in [3.63, 3.8) is 0 Å². The second kappa shape index (κ2) is 8.64. The van der Waals surface area contributed by atoms with E-state index in [0.717, 1.165) is 28.1 Å². The van der Waals surface area contributed by atoms with E-state index in [4.69, 9.17) is 0 Å². The Morgan fingerprint density at radius 3 is 2.00 bits per heavy atom. The zero-order valence-electron chi connectivity index (χ0n) is 17.9. The Balaban J connectivity index is 1.63. The summed E-state index contributed by atoms with van der Waals surface area (Å²) in [5, 5.41) is 15.8. The van der Waals surface area contributed by atoms with Crippen molar-refractivity contribution in [3.8, 4) is 0 Å². The Hall–Kier alpha value is -3.36. The van der Waals surface area contributed by atoms with Gasteiger partial charge in [-0.1, -0.05) is 36.4 Å². The lowest BCUT2D eigenvalue weighted by atomic mass is 10.2. The number of fused-ring (bicyclic) bond motifs is 3. The summed E-state index contributed by atoms with van der Waals surface area (Å²) < 4.78 is 28.2. The second-order valence-corrected chi connectivity index (χ2v) is 9.73. The maximum atomic E-state index is 12.5. The number of hydrogen-bond donors (Lipinski definition) is 2. The lowest BCUT2D eigenvalue weighted by molar-refractivity contribution is -0.114. The molecule has 0 bridgehead atoms. The van der Waals surface area contributed by atoms with Crippen molar-refractivity contribution in [2.45, 2.75) is 19.6 Å². The van der Waals surface area contributed by atoms with E-state index < -0.39 is 16.1 Å². The smallest absolute Gasteiger partial charge is 0.232 e. The summed E-state index contributed by atoms with van der Waals surface area (Å²) in [6.45, 7) is 1.55. The molecule has 0 spiro atoms. The normalized spacial score (nSPS) is 12.7. The molecule has 0 saturated carbocycles. The van der Waals surface area contributed by atoms with E-state index >= 15 is 0 Å². The minimum Gasteiger partial charge on any atom is -0.389 e. The molecule has 32 heavy (non-hydrogen) atoms. The molecule has 0 aliphatic rings. The van der Waals surface area contributed by atoms with Gasteiger partial charge in [-0.05, 0) is 36.4 Å². The third-order valence-corrected chi connectivity index (χ3v) is 6.49. The van der Waals surface area contributed by atoms with Crippen LogP contribution in [0.3, 0.4) is 0 Å². The number of sulfonamides is 1. The maximum absolute atomic E-state index is 12.5. The highest BCUT2D eigenvalue weighted by molar-refractivity contribution is 7.92. The molecule has 8 heteroatoms. The summed E-state index contributed by atoms with van der Waals surface area (Å²) in [5.74, 6) is -0.209. The lowest BCUT2D eigenvalue weighted by Gasteiger charge is -2.26. The van der Waals surface area contributed by atoms with Gasteiger partial charge in [0.05, 0.1) is 31.1 Å². The monoisotopic (exact) mass is 451 g/mol. The molecule has 166 valence electrons. The quantitative estimate of drug-likeness (QED) is 0.449. The van der Waals surface area contributed by atoms with Gasteiger partial charge in [0.2, 0.25) is 15.9 Å². The van der Waals surface area contributed by atoms with Crippen LogP contribution in [0.2, 0.25) is 0 Å². The fourth-order valence-corrected chi connectivity index (χ4v) is 4.95. The van der Waals surface area contributed by atoms with E-state index in [2.05, 4.69) is 5.32 Å². The van der Waals surface area contributed by atoms with Gasteiger partial charge in [-0.2, -0.15) is 0 Å². The zero-order valence-corrected chi connectivity index (χ0v) is 18.7. The molecule has 0 fully saturated rings. The number of rotatable bonds is 7. The molecule has 3 aromatic carbocycles. The molecule has 1 aromatic heterocycles. The maximum Gasteiger partial charge on any atom is 0.232 e. The number of aliphatic hydroxyl groups is 1. The molecule has 0 saturated heterocycles. The van der Waals surface area contributed by atoms with E-state index in [9.17, 15) is 18.3 Å². The van der Waals surface area contributed by atoms with Gasteiger partial charge in [0.25, 0.3) is 0 Å². The van der Waals surface area contributed by atoms with Crippen molar-refractivity contribution in [1.82, 2.24) is 4.57 Å². The highest BCUT2D eigenvalue weighted by atomic mass is 32.2. The van der Waals surface area contributed by atoms with Gasteiger partial charge in [0.15, 0.2) is 0 Å². The van der Waals surface area contributed by atoms with Crippen LogP contribution in [0.4, 0.5) is 11.4 Å². The number of amides is 1. The number of para-hydroxylation sites is 2. The molecule has 2 N–H and O–H groups in total. The molecule has 7 nitrogen and oxygen atoms in total. The largest absolute Gasteiger partial charge is 0.389 e. The molecular weight excluding hydrogens is 426 g/mol. The second-order valence-electron chi connectivity index (χ2n) is 7.82. The van der Waals surface area contributed by atoms with Crippen LogP contribution in [0, 0.1) is 0 Å². The van der Waals surface area contributed by atoms with Crippen LogP contribution in [0.15, 0.2) is 72.8 Å². The fourth-order valence-electron chi connectivity index (χ4n) is 4.01. The van der Waals surface area contributed by atoms with Gasteiger partial charge in [-0.15, -0.1) is 0 Å². The first-order valence-electron chi connectivity index (χ1n) is 10.2. The van der Waals surface area contributed by atoms with Crippen molar-refractivity contribution in [2.75, 3.05) is 22.4 Å². The average Bonchev–Trinajstić information content (AvgIpc) is 3.06. The number of nitrogens with zero attached hydrogens (tertiary/aromatic N) is 2. The Labute approximate surface area is 186 Å². The summed E-state index contributed by atoms with van der Waals surface area (Å²) in [7, 11) is -3.64. The van der Waals surface area contributed by atoms with Crippen LogP contribution < -0.4 is 9.62 Å². The standard InChI is InChI=1S/C24H25N3O4S/c1-17(28)25-18-11-13-19(14-12-18)27(32(2,30)31)16-20(29)15-26-23-9-5-3-7-21(23)22-8-4-6-10-24(22)26/h3-14,20,29H,15-16H2,1-2H3,(H,25,28). The highest BCUT2D eigenvalue weighted by Crippen LogP contribution is 2.29. The Kier molecular flexibility index (Phi) is 5.90. The van der Waals surface area contributed by atoms with E-state index in [-0.39, 0.29) is 19.0 Å². The van der Waals surface area contributed by atoms with E-state index in [0.29, 0.717) is 11.4 Å². The fraction of sp³-hybridized carbons (Fsp3) is 0.208. The third kappa shape index (κ3) is 4.46. The molecule has 0 aliphatic heterocycles. The van der Waals surface area contributed by atoms with Crippen molar-refractivity contribution >= 4 is 49.1 Å². The van der Waals surface area contributed by atoms with Crippen molar-refractivity contribution in [1.29, 1.82) is 0 Å². The number of benzene rings is 3. The van der Waals surface area contributed by atoms with Gasteiger partial charge in [-0.3, -0.25) is 9.10 Å². The summed E-state index contributed by atoms with van der Waals surface area (Å²) in [6, 6.07) is 22.4. The Bertz CT molecular complexity index is 1320. The number of carbonyl (C=O) groups excluding carboxylic acids is 1. The molecule has 0 radical (unpaired) electrons. The molecule has 1 heterocycles. The number of aliphatic hydroxyl groups excluding tert-OH is 1. The van der Waals surface area contributed by atoms with Crippen molar-refractivity contribution < 1.29 is 18.3 Å². The van der Waals surface area contributed by atoms with Crippen LogP contribution in [-0.2, 0) is 21.4 Å². The number of carbonyl (C=O) groups is 1. The van der Waals surface area contributed by atoms with Gasteiger partial charge in [-0.25, -0.2) is 8.42 Å². The molecule has 1 amide bonds. The van der Waals surface area contributed by atoms with E-state index in [1.165, 1.54) is 11.2 Å². The minimum absolute atomic E-state index is 0.0981. The number of nitrogens with one attached hydrogen (secondary N) is 1. The molecule has 4 aromatic rings. The van der Waals surface area contributed by atoms with Crippen LogP contribution in [0.5, 0.6) is 0 Å². The molecule has 4 rings (SSSR count). The molecule has 1 unspecified atom stereocenters. The zero-order chi connectivity index (χ0) is 22.9. The number of aromatic nitrogens is 1. The topological polar surface area (TPSA) is 91.6 Å². The predicted octanol–water partition coefficient (Wildman–Crippen LogP) is 3.58. The summed E-state index contributed by atoms with van der Waals surface area (Å²) in [4.78, 5) is 11.2. The Morgan fingerprint density at radius 2 is 1.50 bits per heavy atom. The minimum atomic E-state index is -3.64. The first-order chi connectivity index (χ1) is 15.2. The molecule has 0 aliphatic carbocycles. The van der Waals surface area contributed by atoms with Gasteiger partial charge >= 0.3 is 0 Å². The highest BCUT2D eigenvalue weighted by Gasteiger charge is 2.22. The lowest BCUT2D eigenvalue weighted by Crippen LogP contribution is -2.38. The number of anilines is 2. The van der Waals surface area contributed by atoms with E-state index in [1.807, 2.05) is 53.1 Å². The van der Waals surface area contributed by atoms with Crippen LogP contribution >= 0.6 is 0 Å². The summed E-state index contributed by atoms with van der Waals surface area (Å²) in [5.41, 5.74) is 2.96. The van der Waals surface area contributed by atoms with Crippen LogP contribution in [-0.4, -0.2) is 42.9 Å². The van der Waals surface area contributed by atoms with Crippen molar-refractivity contribution in [3.05, 3.63) is 72.8 Å². The van der Waals surface area contributed by atoms with Gasteiger partial charge in [0.1, 0.15) is 0 Å². The Morgan fingerprint density at radius 1 is 0.969 bits per heavy atom. The molecular formula is C24H25N3O4S. The van der Waals surface area contributed by atoms with Gasteiger partial charge in [0, 0.05) is 34.4 Å².